The lowest BCUT2D eigenvalue weighted by atomic mass is 9.94. The quantitative estimate of drug-likeness (QED) is 0.880. The fourth-order valence-electron chi connectivity index (χ4n) is 2.32. The molecule has 0 spiro atoms. The maximum Gasteiger partial charge on any atom is 0.248 e. The summed E-state index contributed by atoms with van der Waals surface area (Å²) in [5.74, 6) is 1.74. The molecule has 1 N–H and O–H groups in total. The van der Waals surface area contributed by atoms with Crippen LogP contribution in [-0.4, -0.2) is 16.7 Å². The van der Waals surface area contributed by atoms with Crippen LogP contribution in [0.3, 0.4) is 0 Å². The van der Waals surface area contributed by atoms with E-state index >= 15 is 0 Å². The van der Waals surface area contributed by atoms with Gasteiger partial charge in [-0.1, -0.05) is 43.3 Å². The largest absolute Gasteiger partial charge is 0.337 e. The first-order chi connectivity index (χ1) is 8.75. The van der Waals surface area contributed by atoms with Gasteiger partial charge in [-0.25, -0.2) is 0 Å². The maximum absolute atomic E-state index is 5.40. The van der Waals surface area contributed by atoms with Gasteiger partial charge in [-0.3, -0.25) is 0 Å². The molecule has 1 aromatic carbocycles. The van der Waals surface area contributed by atoms with Crippen LogP contribution < -0.4 is 5.32 Å². The molecule has 0 aliphatic carbocycles. The highest BCUT2D eigenvalue weighted by atomic mass is 16.5. The summed E-state index contributed by atoms with van der Waals surface area (Å²) in [5, 5.41) is 7.49. The first kappa shape index (κ1) is 11.4. The van der Waals surface area contributed by atoms with E-state index in [0.717, 1.165) is 18.8 Å². The van der Waals surface area contributed by atoms with E-state index in [0.29, 0.717) is 11.8 Å². The minimum absolute atomic E-state index is 0.0370. The van der Waals surface area contributed by atoms with E-state index < -0.39 is 0 Å². The van der Waals surface area contributed by atoms with E-state index in [2.05, 4.69) is 53.6 Å². The van der Waals surface area contributed by atoms with E-state index in [4.69, 9.17) is 4.52 Å². The predicted molar refractivity (Wildman–Crippen MR) is 68.4 cm³/mol. The Morgan fingerprint density at radius 1 is 1.33 bits per heavy atom. The first-order valence-electron chi connectivity index (χ1n) is 6.40. The molecule has 2 heterocycles. The summed E-state index contributed by atoms with van der Waals surface area (Å²) < 4.78 is 5.40. The zero-order chi connectivity index (χ0) is 12.5. The molecule has 0 saturated heterocycles. The van der Waals surface area contributed by atoms with Crippen molar-refractivity contribution in [3.8, 4) is 0 Å². The van der Waals surface area contributed by atoms with Crippen LogP contribution in [0.5, 0.6) is 0 Å². The molecule has 3 rings (SSSR count). The second kappa shape index (κ2) is 4.53. The highest BCUT2D eigenvalue weighted by molar-refractivity contribution is 5.35. The molecule has 2 aromatic rings. The molecule has 0 bridgehead atoms. The standard InChI is InChI=1S/C14H17N3O/c1-9(2)13-16-14(18-17-13)12-11-6-4-3-5-10(11)7-8-15-12/h3-6,9,12,15H,7-8H2,1-2H3. The second-order valence-corrected chi connectivity index (χ2v) is 4.98. The van der Waals surface area contributed by atoms with Gasteiger partial charge >= 0.3 is 0 Å². The molecule has 18 heavy (non-hydrogen) atoms. The smallest absolute Gasteiger partial charge is 0.248 e. The monoisotopic (exact) mass is 243 g/mol. The van der Waals surface area contributed by atoms with Gasteiger partial charge in [0.15, 0.2) is 5.82 Å². The summed E-state index contributed by atoms with van der Waals surface area (Å²) in [4.78, 5) is 4.49. The van der Waals surface area contributed by atoms with Crippen LogP contribution in [0.15, 0.2) is 28.8 Å². The Hall–Kier alpha value is -1.68. The number of rotatable bonds is 2. The third kappa shape index (κ3) is 1.93. The summed E-state index contributed by atoms with van der Waals surface area (Å²) in [7, 11) is 0. The van der Waals surface area contributed by atoms with Crippen LogP contribution in [0, 0.1) is 0 Å². The third-order valence-electron chi connectivity index (χ3n) is 3.33. The Bertz CT molecular complexity index is 547. The summed E-state index contributed by atoms with van der Waals surface area (Å²) >= 11 is 0. The van der Waals surface area contributed by atoms with Crippen molar-refractivity contribution >= 4 is 0 Å². The van der Waals surface area contributed by atoms with E-state index in [1.807, 2.05) is 0 Å². The van der Waals surface area contributed by atoms with Crippen LogP contribution in [0.1, 0.15) is 48.6 Å². The van der Waals surface area contributed by atoms with Crippen LogP contribution in [0.2, 0.25) is 0 Å². The van der Waals surface area contributed by atoms with Crippen molar-refractivity contribution in [3.63, 3.8) is 0 Å². The first-order valence-corrected chi connectivity index (χ1v) is 6.40. The van der Waals surface area contributed by atoms with Gasteiger partial charge in [-0.05, 0) is 17.5 Å². The molecule has 0 saturated carbocycles. The Morgan fingerprint density at radius 3 is 2.94 bits per heavy atom. The van der Waals surface area contributed by atoms with Crippen LogP contribution in [-0.2, 0) is 6.42 Å². The summed E-state index contributed by atoms with van der Waals surface area (Å²) in [6, 6.07) is 8.47. The van der Waals surface area contributed by atoms with Crippen molar-refractivity contribution in [1.29, 1.82) is 0 Å². The van der Waals surface area contributed by atoms with Crippen molar-refractivity contribution in [2.24, 2.45) is 0 Å². The molecular formula is C14H17N3O. The summed E-state index contributed by atoms with van der Waals surface area (Å²) in [6.07, 6.45) is 1.05. The lowest BCUT2D eigenvalue weighted by Crippen LogP contribution is -2.30. The van der Waals surface area contributed by atoms with E-state index in [-0.39, 0.29) is 6.04 Å². The van der Waals surface area contributed by atoms with Gasteiger partial charge in [0.05, 0.1) is 0 Å². The van der Waals surface area contributed by atoms with Gasteiger partial charge in [-0.2, -0.15) is 4.98 Å². The van der Waals surface area contributed by atoms with Crippen molar-refractivity contribution in [2.75, 3.05) is 6.54 Å². The maximum atomic E-state index is 5.40. The van der Waals surface area contributed by atoms with Crippen molar-refractivity contribution in [1.82, 2.24) is 15.5 Å². The Kier molecular flexibility index (Phi) is 2.88. The number of aromatic nitrogens is 2. The molecule has 0 radical (unpaired) electrons. The molecular weight excluding hydrogens is 226 g/mol. The minimum Gasteiger partial charge on any atom is -0.337 e. The topological polar surface area (TPSA) is 51.0 Å². The number of fused-ring (bicyclic) bond motifs is 1. The number of nitrogens with one attached hydrogen (secondary N) is 1. The lowest BCUT2D eigenvalue weighted by molar-refractivity contribution is 0.339. The molecule has 1 aromatic heterocycles. The molecule has 0 amide bonds. The molecule has 1 aliphatic heterocycles. The SMILES string of the molecule is CC(C)c1noc(C2NCCc3ccccc32)n1. The van der Waals surface area contributed by atoms with Crippen molar-refractivity contribution < 1.29 is 4.52 Å². The molecule has 94 valence electrons. The van der Waals surface area contributed by atoms with Crippen LogP contribution in [0.4, 0.5) is 0 Å². The molecule has 4 heteroatoms. The van der Waals surface area contributed by atoms with Gasteiger partial charge in [0.25, 0.3) is 0 Å². The van der Waals surface area contributed by atoms with E-state index in [9.17, 15) is 0 Å². The number of nitrogens with zero attached hydrogens (tertiary/aromatic N) is 2. The Balaban J connectivity index is 1.97. The minimum atomic E-state index is 0.0370. The van der Waals surface area contributed by atoms with Gasteiger partial charge < -0.3 is 9.84 Å². The van der Waals surface area contributed by atoms with Gasteiger partial charge in [0.1, 0.15) is 6.04 Å². The molecule has 1 aliphatic rings. The summed E-state index contributed by atoms with van der Waals surface area (Å²) in [5.41, 5.74) is 2.62. The average Bonchev–Trinajstić information content (AvgIpc) is 2.87. The zero-order valence-electron chi connectivity index (χ0n) is 10.7. The van der Waals surface area contributed by atoms with Gasteiger partial charge in [0.2, 0.25) is 5.89 Å². The molecule has 1 unspecified atom stereocenters. The fraction of sp³-hybridized carbons (Fsp3) is 0.429. The normalized spacial score (nSPS) is 18.9. The summed E-state index contributed by atoms with van der Waals surface area (Å²) in [6.45, 7) is 5.08. The highest BCUT2D eigenvalue weighted by Crippen LogP contribution is 2.28. The second-order valence-electron chi connectivity index (χ2n) is 4.98. The van der Waals surface area contributed by atoms with Gasteiger partial charge in [-0.15, -0.1) is 0 Å². The molecule has 0 fully saturated rings. The highest BCUT2D eigenvalue weighted by Gasteiger charge is 2.26. The van der Waals surface area contributed by atoms with Gasteiger partial charge in [0, 0.05) is 12.5 Å². The Labute approximate surface area is 106 Å². The third-order valence-corrected chi connectivity index (χ3v) is 3.33. The number of hydrogen-bond donors (Lipinski definition) is 1. The Morgan fingerprint density at radius 2 is 2.17 bits per heavy atom. The van der Waals surface area contributed by atoms with Crippen LogP contribution >= 0.6 is 0 Å². The average molecular weight is 243 g/mol. The van der Waals surface area contributed by atoms with E-state index in [1.165, 1.54) is 11.1 Å². The van der Waals surface area contributed by atoms with Crippen LogP contribution in [0.25, 0.3) is 0 Å². The number of hydrogen-bond acceptors (Lipinski definition) is 4. The fourth-order valence-corrected chi connectivity index (χ4v) is 2.32. The molecule has 1 atom stereocenters. The zero-order valence-corrected chi connectivity index (χ0v) is 10.7. The number of benzene rings is 1. The van der Waals surface area contributed by atoms with Crippen molar-refractivity contribution in [2.45, 2.75) is 32.2 Å². The van der Waals surface area contributed by atoms with E-state index in [1.54, 1.807) is 0 Å². The predicted octanol–water partition coefficient (Wildman–Crippen LogP) is 2.43. The lowest BCUT2D eigenvalue weighted by Gasteiger charge is -2.23. The molecule has 4 nitrogen and oxygen atoms in total. The van der Waals surface area contributed by atoms with Crippen molar-refractivity contribution in [3.05, 3.63) is 47.1 Å².